The van der Waals surface area contributed by atoms with Crippen LogP contribution in [0.5, 0.6) is 5.75 Å². The average molecular weight is 377 g/mol. The number of aromatic nitrogens is 2. The predicted octanol–water partition coefficient (Wildman–Crippen LogP) is 5.02. The summed E-state index contributed by atoms with van der Waals surface area (Å²) in [7, 11) is 1.55. The second-order valence-electron chi connectivity index (χ2n) is 6.25. The third-order valence-corrected chi connectivity index (χ3v) is 4.77. The van der Waals surface area contributed by atoms with E-state index in [1.165, 1.54) is 0 Å². The molecule has 0 radical (unpaired) electrons. The van der Waals surface area contributed by atoms with Crippen LogP contribution in [0.2, 0.25) is 5.02 Å². The summed E-state index contributed by atoms with van der Waals surface area (Å²) in [6.07, 6.45) is 0. The summed E-state index contributed by atoms with van der Waals surface area (Å²) in [6.45, 7) is 1.97. The first-order chi connectivity index (χ1) is 13.1. The van der Waals surface area contributed by atoms with Crippen molar-refractivity contribution < 1.29 is 4.74 Å². The van der Waals surface area contributed by atoms with Crippen LogP contribution in [0, 0.1) is 6.92 Å². The van der Waals surface area contributed by atoms with Crippen LogP contribution in [0.15, 0.2) is 71.5 Å². The summed E-state index contributed by atoms with van der Waals surface area (Å²) >= 11 is 6.51. The van der Waals surface area contributed by atoms with Crippen LogP contribution < -0.4 is 10.3 Å². The first kappa shape index (κ1) is 17.3. The molecule has 0 atom stereocenters. The van der Waals surface area contributed by atoms with Gasteiger partial charge in [-0.2, -0.15) is 0 Å². The zero-order chi connectivity index (χ0) is 19.0. The van der Waals surface area contributed by atoms with Crippen molar-refractivity contribution >= 4 is 22.5 Å². The largest absolute Gasteiger partial charge is 0.496 e. The Morgan fingerprint density at radius 1 is 1.00 bits per heavy atom. The van der Waals surface area contributed by atoms with Crippen LogP contribution in [0.4, 0.5) is 0 Å². The smallest absolute Gasteiger partial charge is 0.270 e. The number of hydrogen-bond acceptors (Lipinski definition) is 3. The highest BCUT2D eigenvalue weighted by molar-refractivity contribution is 6.33. The molecule has 0 bridgehead atoms. The highest BCUT2D eigenvalue weighted by Gasteiger charge is 2.18. The van der Waals surface area contributed by atoms with Crippen LogP contribution in [0.3, 0.4) is 0 Å². The van der Waals surface area contributed by atoms with Crippen LogP contribution >= 0.6 is 11.6 Å². The standard InChI is InChI=1S/C22H17ClN2O2/c1-14-11-12-16(17(23)13-14)21-24-18-9-6-10-19(27-2)20(18)22(26)25(21)15-7-4-3-5-8-15/h3-13H,1-2H3. The van der Waals surface area contributed by atoms with E-state index < -0.39 is 0 Å². The van der Waals surface area contributed by atoms with Gasteiger partial charge in [0.05, 0.1) is 23.3 Å². The van der Waals surface area contributed by atoms with E-state index >= 15 is 0 Å². The van der Waals surface area contributed by atoms with E-state index in [2.05, 4.69) is 0 Å². The highest BCUT2D eigenvalue weighted by atomic mass is 35.5. The van der Waals surface area contributed by atoms with Gasteiger partial charge in [0.25, 0.3) is 5.56 Å². The molecule has 5 heteroatoms. The lowest BCUT2D eigenvalue weighted by Crippen LogP contribution is -2.22. The Morgan fingerprint density at radius 2 is 1.78 bits per heavy atom. The number of benzene rings is 3. The molecule has 0 fully saturated rings. The minimum absolute atomic E-state index is 0.199. The van der Waals surface area contributed by atoms with Crippen molar-refractivity contribution in [2.45, 2.75) is 6.92 Å². The fraction of sp³-hybridized carbons (Fsp3) is 0.0909. The molecule has 0 amide bonds. The van der Waals surface area contributed by atoms with Crippen molar-refractivity contribution in [2.75, 3.05) is 7.11 Å². The van der Waals surface area contributed by atoms with Gasteiger partial charge in [-0.05, 0) is 48.9 Å². The Morgan fingerprint density at radius 3 is 2.48 bits per heavy atom. The molecule has 4 aromatic rings. The summed E-state index contributed by atoms with van der Waals surface area (Å²) < 4.78 is 6.99. The van der Waals surface area contributed by atoms with E-state index in [-0.39, 0.29) is 5.56 Å². The van der Waals surface area contributed by atoms with Crippen molar-refractivity contribution in [2.24, 2.45) is 0 Å². The summed E-state index contributed by atoms with van der Waals surface area (Å²) in [5.41, 5.74) is 2.83. The number of hydrogen-bond donors (Lipinski definition) is 0. The molecule has 0 aliphatic carbocycles. The molecule has 3 aromatic carbocycles. The van der Waals surface area contributed by atoms with Crippen LogP contribution in [0.25, 0.3) is 28.0 Å². The quantitative estimate of drug-likeness (QED) is 0.504. The Bertz CT molecular complexity index is 1200. The fourth-order valence-electron chi connectivity index (χ4n) is 3.17. The van der Waals surface area contributed by atoms with E-state index in [1.54, 1.807) is 23.8 Å². The van der Waals surface area contributed by atoms with Crippen molar-refractivity contribution in [3.05, 3.63) is 87.7 Å². The molecule has 0 aliphatic heterocycles. The second-order valence-corrected chi connectivity index (χ2v) is 6.66. The predicted molar refractivity (Wildman–Crippen MR) is 109 cm³/mol. The summed E-state index contributed by atoms with van der Waals surface area (Å²) in [4.78, 5) is 18.3. The van der Waals surface area contributed by atoms with Gasteiger partial charge >= 0.3 is 0 Å². The number of para-hydroxylation sites is 1. The molecule has 0 saturated heterocycles. The molecule has 27 heavy (non-hydrogen) atoms. The van der Waals surface area contributed by atoms with E-state index in [1.807, 2.05) is 61.5 Å². The van der Waals surface area contributed by atoms with Crippen LogP contribution in [0.1, 0.15) is 5.56 Å². The minimum Gasteiger partial charge on any atom is -0.496 e. The Labute approximate surface area is 161 Å². The first-order valence-corrected chi connectivity index (χ1v) is 8.89. The van der Waals surface area contributed by atoms with E-state index in [0.717, 1.165) is 11.3 Å². The number of halogens is 1. The molecular formula is C22H17ClN2O2. The number of fused-ring (bicyclic) bond motifs is 1. The molecule has 134 valence electrons. The van der Waals surface area contributed by atoms with Gasteiger partial charge in [-0.15, -0.1) is 0 Å². The Kier molecular flexibility index (Phi) is 4.42. The summed E-state index contributed by atoms with van der Waals surface area (Å²) in [5, 5.41) is 0.990. The zero-order valence-corrected chi connectivity index (χ0v) is 15.7. The van der Waals surface area contributed by atoms with Gasteiger partial charge in [-0.3, -0.25) is 9.36 Å². The van der Waals surface area contributed by atoms with Crippen molar-refractivity contribution in [1.29, 1.82) is 0 Å². The minimum atomic E-state index is -0.199. The molecule has 4 nitrogen and oxygen atoms in total. The normalized spacial score (nSPS) is 10.9. The van der Waals surface area contributed by atoms with E-state index in [0.29, 0.717) is 33.1 Å². The number of nitrogens with zero attached hydrogens (tertiary/aromatic N) is 2. The van der Waals surface area contributed by atoms with Crippen molar-refractivity contribution in [3.8, 4) is 22.8 Å². The van der Waals surface area contributed by atoms with Crippen LogP contribution in [-0.2, 0) is 0 Å². The van der Waals surface area contributed by atoms with Gasteiger partial charge in [-0.25, -0.2) is 4.98 Å². The molecule has 0 spiro atoms. The number of rotatable bonds is 3. The van der Waals surface area contributed by atoms with Crippen molar-refractivity contribution in [3.63, 3.8) is 0 Å². The molecule has 0 saturated carbocycles. The van der Waals surface area contributed by atoms with Gasteiger partial charge < -0.3 is 4.74 Å². The molecular weight excluding hydrogens is 360 g/mol. The third kappa shape index (κ3) is 2.98. The fourth-order valence-corrected chi connectivity index (χ4v) is 3.49. The average Bonchev–Trinajstić information content (AvgIpc) is 2.68. The third-order valence-electron chi connectivity index (χ3n) is 4.46. The monoisotopic (exact) mass is 376 g/mol. The van der Waals surface area contributed by atoms with Crippen molar-refractivity contribution in [1.82, 2.24) is 9.55 Å². The van der Waals surface area contributed by atoms with E-state index in [4.69, 9.17) is 21.3 Å². The Balaban J connectivity index is 2.16. The van der Waals surface area contributed by atoms with Gasteiger partial charge in [-0.1, -0.05) is 41.9 Å². The Hall–Kier alpha value is -3.11. The topological polar surface area (TPSA) is 44.1 Å². The number of aryl methyl sites for hydroxylation is 1. The summed E-state index contributed by atoms with van der Waals surface area (Å²) in [6, 6.07) is 20.5. The first-order valence-electron chi connectivity index (χ1n) is 8.52. The highest BCUT2D eigenvalue weighted by Crippen LogP contribution is 2.31. The molecule has 1 aromatic heterocycles. The molecule has 0 aliphatic rings. The maximum absolute atomic E-state index is 13.5. The van der Waals surface area contributed by atoms with Gasteiger partial charge in [0.2, 0.25) is 0 Å². The lowest BCUT2D eigenvalue weighted by atomic mass is 10.1. The molecule has 0 N–H and O–H groups in total. The van der Waals surface area contributed by atoms with Gasteiger partial charge in [0, 0.05) is 5.56 Å². The lowest BCUT2D eigenvalue weighted by molar-refractivity contribution is 0.419. The maximum atomic E-state index is 13.5. The summed E-state index contributed by atoms with van der Waals surface area (Å²) in [5.74, 6) is 0.994. The maximum Gasteiger partial charge on any atom is 0.270 e. The van der Waals surface area contributed by atoms with Gasteiger partial charge in [0.1, 0.15) is 17.0 Å². The zero-order valence-electron chi connectivity index (χ0n) is 14.9. The lowest BCUT2D eigenvalue weighted by Gasteiger charge is -2.16. The molecule has 0 unspecified atom stereocenters. The molecule has 4 rings (SSSR count). The van der Waals surface area contributed by atoms with Crippen LogP contribution in [-0.4, -0.2) is 16.7 Å². The molecule has 1 heterocycles. The van der Waals surface area contributed by atoms with Gasteiger partial charge in [0.15, 0.2) is 0 Å². The number of methoxy groups -OCH3 is 1. The SMILES string of the molecule is COc1cccc2nc(-c3ccc(C)cc3Cl)n(-c3ccccc3)c(=O)c12. The number of ether oxygens (including phenoxy) is 1. The van der Waals surface area contributed by atoms with E-state index in [9.17, 15) is 4.79 Å². The second kappa shape index (κ2) is 6.89.